The highest BCUT2D eigenvalue weighted by molar-refractivity contribution is 6.37. The first-order chi connectivity index (χ1) is 7.90. The van der Waals surface area contributed by atoms with Gasteiger partial charge in [0.15, 0.2) is 5.75 Å². The van der Waals surface area contributed by atoms with Crippen molar-refractivity contribution in [2.75, 3.05) is 14.1 Å². The van der Waals surface area contributed by atoms with Crippen molar-refractivity contribution in [3.63, 3.8) is 0 Å². The first-order valence-corrected chi connectivity index (χ1v) is 6.02. The molecule has 0 aromatic heterocycles. The fourth-order valence-corrected chi connectivity index (χ4v) is 1.78. The minimum absolute atomic E-state index is 0.0336. The first kappa shape index (κ1) is 14.1. The lowest BCUT2D eigenvalue weighted by Crippen LogP contribution is -2.07. The standard InChI is InChI=1S/C12H16Cl2N2O/c1-8(2)17-12-10(13)5-9(6-11(12)14)7-15-16(3)4/h5-8H,1-4H3/b15-7+. The molecule has 0 radical (unpaired) electrons. The van der Waals surface area contributed by atoms with Crippen LogP contribution in [0.15, 0.2) is 17.2 Å². The number of halogens is 2. The highest BCUT2D eigenvalue weighted by Crippen LogP contribution is 2.34. The maximum absolute atomic E-state index is 6.11. The normalized spacial score (nSPS) is 11.2. The van der Waals surface area contributed by atoms with E-state index in [0.29, 0.717) is 15.8 Å². The highest BCUT2D eigenvalue weighted by Gasteiger charge is 2.10. The summed E-state index contributed by atoms with van der Waals surface area (Å²) in [6.07, 6.45) is 1.72. The molecular weight excluding hydrogens is 259 g/mol. The zero-order valence-corrected chi connectivity index (χ0v) is 11.9. The number of ether oxygens (including phenoxy) is 1. The Morgan fingerprint density at radius 1 is 1.24 bits per heavy atom. The predicted octanol–water partition coefficient (Wildman–Crippen LogP) is 3.68. The average molecular weight is 275 g/mol. The summed E-state index contributed by atoms with van der Waals surface area (Å²) in [6, 6.07) is 3.55. The monoisotopic (exact) mass is 274 g/mol. The number of rotatable bonds is 4. The Kier molecular flexibility index (Phi) is 5.09. The van der Waals surface area contributed by atoms with Crippen molar-refractivity contribution < 1.29 is 4.74 Å². The molecule has 5 heteroatoms. The van der Waals surface area contributed by atoms with Gasteiger partial charge in [-0.1, -0.05) is 23.2 Å². The molecule has 0 N–H and O–H groups in total. The van der Waals surface area contributed by atoms with Gasteiger partial charge in [-0.05, 0) is 31.5 Å². The van der Waals surface area contributed by atoms with Gasteiger partial charge in [-0.15, -0.1) is 0 Å². The van der Waals surface area contributed by atoms with E-state index in [1.165, 1.54) is 0 Å². The topological polar surface area (TPSA) is 24.8 Å². The number of hydrazone groups is 1. The molecule has 0 heterocycles. The molecular formula is C12H16Cl2N2O. The van der Waals surface area contributed by atoms with E-state index in [1.807, 2.05) is 27.9 Å². The van der Waals surface area contributed by atoms with Crippen molar-refractivity contribution in [3.8, 4) is 5.75 Å². The zero-order valence-electron chi connectivity index (χ0n) is 10.4. The molecule has 17 heavy (non-hydrogen) atoms. The third-order valence-corrected chi connectivity index (χ3v) is 2.37. The Hall–Kier alpha value is -0.930. The van der Waals surface area contributed by atoms with Crippen LogP contribution in [0.3, 0.4) is 0 Å². The fourth-order valence-electron chi connectivity index (χ4n) is 1.18. The molecule has 0 fully saturated rings. The van der Waals surface area contributed by atoms with E-state index in [0.717, 1.165) is 5.56 Å². The number of hydrogen-bond donors (Lipinski definition) is 0. The summed E-state index contributed by atoms with van der Waals surface area (Å²) in [5.74, 6) is 0.519. The molecule has 0 aliphatic carbocycles. The predicted molar refractivity (Wildman–Crippen MR) is 73.5 cm³/mol. The Morgan fingerprint density at radius 2 is 1.76 bits per heavy atom. The summed E-state index contributed by atoms with van der Waals surface area (Å²) in [6.45, 7) is 3.85. The molecule has 1 aromatic rings. The van der Waals surface area contributed by atoms with Crippen LogP contribution in [0.1, 0.15) is 19.4 Å². The van der Waals surface area contributed by atoms with Gasteiger partial charge in [-0.2, -0.15) is 5.10 Å². The summed E-state index contributed by atoms with van der Waals surface area (Å²) in [4.78, 5) is 0. The quantitative estimate of drug-likeness (QED) is 0.618. The lowest BCUT2D eigenvalue weighted by molar-refractivity contribution is 0.243. The second kappa shape index (κ2) is 6.12. The Labute approximate surface area is 112 Å². The third-order valence-electron chi connectivity index (χ3n) is 1.81. The van der Waals surface area contributed by atoms with Gasteiger partial charge in [0, 0.05) is 14.1 Å². The number of benzene rings is 1. The molecule has 0 saturated heterocycles. The van der Waals surface area contributed by atoms with E-state index >= 15 is 0 Å². The molecule has 1 aromatic carbocycles. The lowest BCUT2D eigenvalue weighted by atomic mass is 10.2. The van der Waals surface area contributed by atoms with Crippen molar-refractivity contribution in [1.82, 2.24) is 5.01 Å². The van der Waals surface area contributed by atoms with Gasteiger partial charge in [0.05, 0.1) is 22.4 Å². The van der Waals surface area contributed by atoms with Crippen LogP contribution in [0.5, 0.6) is 5.75 Å². The third kappa shape index (κ3) is 4.44. The fraction of sp³-hybridized carbons (Fsp3) is 0.417. The summed E-state index contributed by atoms with van der Waals surface area (Å²) >= 11 is 12.2. The molecule has 0 atom stereocenters. The van der Waals surface area contributed by atoms with Crippen molar-refractivity contribution in [1.29, 1.82) is 0 Å². The minimum Gasteiger partial charge on any atom is -0.488 e. The molecule has 1 rings (SSSR count). The van der Waals surface area contributed by atoms with Crippen LogP contribution in [0, 0.1) is 0 Å². The summed E-state index contributed by atoms with van der Waals surface area (Å²) in [7, 11) is 3.69. The van der Waals surface area contributed by atoms with Crippen molar-refractivity contribution in [2.24, 2.45) is 5.10 Å². The van der Waals surface area contributed by atoms with Gasteiger partial charge in [-0.25, -0.2) is 0 Å². The van der Waals surface area contributed by atoms with E-state index < -0.39 is 0 Å². The van der Waals surface area contributed by atoms with Gasteiger partial charge in [0.25, 0.3) is 0 Å². The SMILES string of the molecule is CC(C)Oc1c(Cl)cc(/C=N/N(C)C)cc1Cl. The van der Waals surface area contributed by atoms with Crippen LogP contribution in [0.2, 0.25) is 10.0 Å². The van der Waals surface area contributed by atoms with Gasteiger partial charge in [-0.3, -0.25) is 0 Å². The van der Waals surface area contributed by atoms with E-state index in [1.54, 1.807) is 23.4 Å². The van der Waals surface area contributed by atoms with Gasteiger partial charge < -0.3 is 9.75 Å². The molecule has 0 amide bonds. The minimum atomic E-state index is 0.0336. The van der Waals surface area contributed by atoms with Crippen LogP contribution in [-0.2, 0) is 0 Å². The Bertz CT molecular complexity index is 394. The van der Waals surface area contributed by atoms with E-state index in [-0.39, 0.29) is 6.10 Å². The summed E-state index contributed by atoms with van der Waals surface area (Å²) < 4.78 is 5.54. The largest absolute Gasteiger partial charge is 0.488 e. The average Bonchev–Trinajstić information content (AvgIpc) is 2.20. The first-order valence-electron chi connectivity index (χ1n) is 5.27. The number of nitrogens with zero attached hydrogens (tertiary/aromatic N) is 2. The highest BCUT2D eigenvalue weighted by atomic mass is 35.5. The maximum Gasteiger partial charge on any atom is 0.156 e. The molecule has 0 spiro atoms. The van der Waals surface area contributed by atoms with Crippen LogP contribution in [0.25, 0.3) is 0 Å². The second-order valence-corrected chi connectivity index (χ2v) is 4.89. The van der Waals surface area contributed by atoms with E-state index in [2.05, 4.69) is 5.10 Å². The van der Waals surface area contributed by atoms with Gasteiger partial charge >= 0.3 is 0 Å². The number of hydrogen-bond acceptors (Lipinski definition) is 3. The van der Waals surface area contributed by atoms with Crippen LogP contribution in [0.4, 0.5) is 0 Å². The van der Waals surface area contributed by atoms with Crippen molar-refractivity contribution in [3.05, 3.63) is 27.7 Å². The maximum atomic E-state index is 6.11. The molecule has 0 saturated carbocycles. The lowest BCUT2D eigenvalue weighted by Gasteiger charge is -2.13. The molecule has 0 aliphatic rings. The van der Waals surface area contributed by atoms with E-state index in [4.69, 9.17) is 27.9 Å². The second-order valence-electron chi connectivity index (χ2n) is 4.07. The van der Waals surface area contributed by atoms with Gasteiger partial charge in [0.2, 0.25) is 0 Å². The van der Waals surface area contributed by atoms with Crippen molar-refractivity contribution in [2.45, 2.75) is 20.0 Å². The summed E-state index contributed by atoms with van der Waals surface area (Å²) in [5.41, 5.74) is 0.838. The molecule has 3 nitrogen and oxygen atoms in total. The van der Waals surface area contributed by atoms with Crippen molar-refractivity contribution >= 4 is 29.4 Å². The van der Waals surface area contributed by atoms with Crippen LogP contribution in [-0.4, -0.2) is 31.4 Å². The van der Waals surface area contributed by atoms with Crippen LogP contribution >= 0.6 is 23.2 Å². The van der Waals surface area contributed by atoms with E-state index in [9.17, 15) is 0 Å². The molecule has 0 aliphatic heterocycles. The van der Waals surface area contributed by atoms with Crippen LogP contribution < -0.4 is 4.74 Å². The molecule has 94 valence electrons. The smallest absolute Gasteiger partial charge is 0.156 e. The Morgan fingerprint density at radius 3 is 2.18 bits per heavy atom. The van der Waals surface area contributed by atoms with Gasteiger partial charge in [0.1, 0.15) is 0 Å². The zero-order chi connectivity index (χ0) is 13.0. The molecule has 0 unspecified atom stereocenters. The summed E-state index contributed by atoms with van der Waals surface area (Å²) in [5, 5.41) is 6.80. The molecule has 0 bridgehead atoms. The Balaban J connectivity index is 3.01.